The molecule has 0 amide bonds. The maximum Gasteiger partial charge on any atom is 0.153 e. The maximum atomic E-state index is 10.8. The molecule has 16 heavy (non-hydrogen) atoms. The van der Waals surface area contributed by atoms with Crippen molar-refractivity contribution in [1.29, 1.82) is 0 Å². The van der Waals surface area contributed by atoms with Gasteiger partial charge in [-0.15, -0.1) is 0 Å². The Labute approximate surface area is 106 Å². The molecule has 0 N–H and O–H groups in total. The van der Waals surface area contributed by atoms with Gasteiger partial charge in [-0.1, -0.05) is 35.7 Å². The average molecular weight is 330 g/mol. The summed E-state index contributed by atoms with van der Waals surface area (Å²) in [4.78, 5) is 10.8. The molecule has 0 bridgehead atoms. The SMILES string of the molecule is O=Cc1ccc(OP(P)P)cc1OP(P)P. The van der Waals surface area contributed by atoms with Crippen LogP contribution in [0.25, 0.3) is 0 Å². The van der Waals surface area contributed by atoms with Crippen LogP contribution in [0.4, 0.5) is 0 Å². The fraction of sp³-hybridized carbons (Fsp3) is 0. The third kappa shape index (κ3) is 5.15. The number of aldehydes is 1. The van der Waals surface area contributed by atoms with Gasteiger partial charge in [0.15, 0.2) is 6.29 Å². The Morgan fingerprint density at radius 2 is 1.69 bits per heavy atom. The van der Waals surface area contributed by atoms with Crippen molar-refractivity contribution in [3.63, 3.8) is 0 Å². The Kier molecular flexibility index (Phi) is 7.08. The van der Waals surface area contributed by atoms with Gasteiger partial charge in [0, 0.05) is 6.07 Å². The molecule has 1 aromatic rings. The first-order chi connectivity index (χ1) is 7.52. The quantitative estimate of drug-likeness (QED) is 0.599. The van der Waals surface area contributed by atoms with Crippen molar-refractivity contribution in [1.82, 2.24) is 0 Å². The summed E-state index contributed by atoms with van der Waals surface area (Å²) in [5, 5.41) is 0. The van der Waals surface area contributed by atoms with Gasteiger partial charge in [-0.25, -0.2) is 0 Å². The summed E-state index contributed by atoms with van der Waals surface area (Å²) < 4.78 is 11.1. The number of hydrogen-bond acceptors (Lipinski definition) is 3. The lowest BCUT2D eigenvalue weighted by molar-refractivity contribution is 0.112. The van der Waals surface area contributed by atoms with Crippen molar-refractivity contribution in [2.75, 3.05) is 0 Å². The molecule has 0 saturated heterocycles. The monoisotopic (exact) mass is 330 g/mol. The smallest absolute Gasteiger partial charge is 0.153 e. The molecule has 1 aromatic carbocycles. The highest BCUT2D eigenvalue weighted by Gasteiger charge is 2.08. The van der Waals surface area contributed by atoms with E-state index in [1.54, 1.807) is 18.2 Å². The number of benzene rings is 1. The van der Waals surface area contributed by atoms with Crippen molar-refractivity contribution in [3.05, 3.63) is 23.8 Å². The van der Waals surface area contributed by atoms with Gasteiger partial charge in [0.1, 0.15) is 26.6 Å². The number of rotatable bonds is 5. The molecule has 3 nitrogen and oxygen atoms in total. The first kappa shape index (κ1) is 15.1. The van der Waals surface area contributed by atoms with Crippen LogP contribution in [0.5, 0.6) is 11.5 Å². The molecule has 0 aromatic heterocycles. The predicted octanol–water partition coefficient (Wildman–Crippen LogP) is 4.21. The average Bonchev–Trinajstić information content (AvgIpc) is 2.16. The zero-order valence-corrected chi connectivity index (χ0v) is 14.6. The highest BCUT2D eigenvalue weighted by Crippen LogP contribution is 2.56. The van der Waals surface area contributed by atoms with Gasteiger partial charge in [-0.05, 0) is 12.1 Å². The highest BCUT2D eigenvalue weighted by atomic mass is 32.4. The van der Waals surface area contributed by atoms with Gasteiger partial charge >= 0.3 is 0 Å². The van der Waals surface area contributed by atoms with Crippen LogP contribution in [0.2, 0.25) is 0 Å². The largest absolute Gasteiger partial charge is 0.466 e. The Bertz CT molecular complexity index is 369. The van der Waals surface area contributed by atoms with E-state index < -0.39 is 15.1 Å². The highest BCUT2D eigenvalue weighted by molar-refractivity contribution is 8.41. The van der Waals surface area contributed by atoms with Crippen molar-refractivity contribution in [3.8, 4) is 11.5 Å². The van der Waals surface area contributed by atoms with Crippen LogP contribution < -0.4 is 9.05 Å². The molecule has 9 heteroatoms. The molecule has 0 fully saturated rings. The Morgan fingerprint density at radius 1 is 1.06 bits per heavy atom. The minimum atomic E-state index is -0.718. The lowest BCUT2D eigenvalue weighted by Gasteiger charge is -2.14. The standard InChI is InChI=1S/C7H12O3P6/c8-4-5-1-2-6(9-15(11)12)3-7(5)10-16(13)14/h1-4H,11-14H2. The molecule has 1 rings (SSSR count). The molecule has 4 unspecified atom stereocenters. The summed E-state index contributed by atoms with van der Waals surface area (Å²) in [6.07, 6.45) is 0.775. The van der Waals surface area contributed by atoms with E-state index >= 15 is 0 Å². The molecule has 0 aliphatic rings. The number of hydrogen-bond donors (Lipinski definition) is 0. The van der Waals surface area contributed by atoms with Crippen LogP contribution in [-0.4, -0.2) is 6.29 Å². The van der Waals surface area contributed by atoms with Gasteiger partial charge in [-0.2, -0.15) is 0 Å². The zero-order chi connectivity index (χ0) is 12.1. The van der Waals surface area contributed by atoms with Crippen molar-refractivity contribution in [2.24, 2.45) is 0 Å². The van der Waals surface area contributed by atoms with E-state index in [0.29, 0.717) is 17.1 Å². The fourth-order valence-corrected chi connectivity index (χ4v) is 3.14. The first-order valence-corrected chi connectivity index (χ1v) is 13.1. The van der Waals surface area contributed by atoms with Crippen molar-refractivity contribution in [2.45, 2.75) is 0 Å². The zero-order valence-electron chi connectivity index (χ0n) is 8.24. The van der Waals surface area contributed by atoms with E-state index in [4.69, 9.17) is 9.05 Å². The predicted molar refractivity (Wildman–Crippen MR) is 85.8 cm³/mol. The van der Waals surface area contributed by atoms with E-state index in [-0.39, 0.29) is 0 Å². The van der Waals surface area contributed by atoms with E-state index in [1.165, 1.54) is 0 Å². The van der Waals surface area contributed by atoms with Crippen LogP contribution in [0.1, 0.15) is 10.4 Å². The molecule has 0 spiro atoms. The first-order valence-electron chi connectivity index (χ1n) is 4.07. The molecular formula is C7H12O3P6. The van der Waals surface area contributed by atoms with Crippen molar-refractivity contribution >= 4 is 57.1 Å². The minimum Gasteiger partial charge on any atom is -0.466 e. The fourth-order valence-electron chi connectivity index (χ4n) is 0.983. The summed E-state index contributed by atoms with van der Waals surface area (Å²) in [5.74, 6) is 1.25. The Hall–Kier alpha value is 1.07. The van der Waals surface area contributed by atoms with E-state index in [2.05, 4.69) is 35.7 Å². The second-order valence-corrected chi connectivity index (χ2v) is 14.2. The summed E-state index contributed by atoms with van der Waals surface area (Å²) in [7, 11) is 8.88. The molecule has 0 saturated carbocycles. The van der Waals surface area contributed by atoms with Crippen LogP contribution in [-0.2, 0) is 0 Å². The van der Waals surface area contributed by atoms with Crippen LogP contribution in [0.3, 0.4) is 0 Å². The second kappa shape index (κ2) is 7.49. The molecular weight excluding hydrogens is 318 g/mol. The number of carbonyl (C=O) groups excluding carboxylic acids is 1. The lowest BCUT2D eigenvalue weighted by atomic mass is 10.2. The minimum absolute atomic E-state index is 0.529. The van der Waals surface area contributed by atoms with Crippen molar-refractivity contribution < 1.29 is 13.8 Å². The summed E-state index contributed by atoms with van der Waals surface area (Å²) in [6.45, 7) is 0. The molecule has 0 radical (unpaired) electrons. The third-order valence-corrected chi connectivity index (χ3v) is 3.62. The van der Waals surface area contributed by atoms with Gasteiger partial charge in [0.05, 0.1) is 5.56 Å². The topological polar surface area (TPSA) is 35.5 Å². The molecule has 0 aliphatic carbocycles. The van der Waals surface area contributed by atoms with Crippen LogP contribution >= 0.6 is 50.8 Å². The van der Waals surface area contributed by atoms with E-state index in [0.717, 1.165) is 6.29 Å². The normalized spacial score (nSPS) is 10.6. The Balaban J connectivity index is 2.96. The van der Waals surface area contributed by atoms with Crippen LogP contribution in [0, 0.1) is 0 Å². The van der Waals surface area contributed by atoms with Gasteiger partial charge in [0.25, 0.3) is 0 Å². The summed E-state index contributed by atoms with van der Waals surface area (Å²) in [6, 6.07) is 5.19. The molecule has 0 aliphatic heterocycles. The summed E-state index contributed by atoms with van der Waals surface area (Å²) in [5.41, 5.74) is 0.529. The van der Waals surface area contributed by atoms with Gasteiger partial charge < -0.3 is 9.05 Å². The van der Waals surface area contributed by atoms with Gasteiger partial charge in [0.2, 0.25) is 0 Å². The van der Waals surface area contributed by atoms with Gasteiger partial charge in [-0.3, -0.25) is 4.79 Å². The molecule has 88 valence electrons. The third-order valence-electron chi connectivity index (χ3n) is 1.53. The molecule has 0 heterocycles. The lowest BCUT2D eigenvalue weighted by Crippen LogP contribution is -1.88. The van der Waals surface area contributed by atoms with Crippen LogP contribution in [0.15, 0.2) is 18.2 Å². The number of carbonyl (C=O) groups is 1. The maximum absolute atomic E-state index is 10.8. The summed E-state index contributed by atoms with van der Waals surface area (Å²) >= 11 is 0. The Morgan fingerprint density at radius 3 is 2.19 bits per heavy atom. The van der Waals surface area contributed by atoms with E-state index in [1.807, 2.05) is 0 Å². The second-order valence-electron chi connectivity index (χ2n) is 2.72. The van der Waals surface area contributed by atoms with E-state index in [9.17, 15) is 4.79 Å². The molecule has 4 atom stereocenters.